The molecule has 1 aliphatic rings. The van der Waals surface area contributed by atoms with E-state index in [0.717, 1.165) is 6.92 Å². The number of hydrogen-bond acceptors (Lipinski definition) is 2. The lowest BCUT2D eigenvalue weighted by Crippen LogP contribution is -2.49. The highest BCUT2D eigenvalue weighted by atomic mass is 19.3. The van der Waals surface area contributed by atoms with Gasteiger partial charge in [-0.25, -0.2) is 8.78 Å². The van der Waals surface area contributed by atoms with E-state index in [9.17, 15) is 13.6 Å². The lowest BCUT2D eigenvalue weighted by molar-refractivity contribution is -0.146. The topological polar surface area (TPSA) is 40.5 Å². The average Bonchev–Trinajstić information content (AvgIpc) is 2.17. The van der Waals surface area contributed by atoms with Crippen LogP contribution in [-0.2, 0) is 4.79 Å². The predicted octanol–water partition coefficient (Wildman–Crippen LogP) is 2.22. The van der Waals surface area contributed by atoms with Crippen LogP contribution < -0.4 is 0 Å². The summed E-state index contributed by atoms with van der Waals surface area (Å²) in [7, 11) is 0. The van der Waals surface area contributed by atoms with Crippen LogP contribution in [0.25, 0.3) is 0 Å². The molecule has 0 aromatic carbocycles. The summed E-state index contributed by atoms with van der Waals surface area (Å²) in [6.07, 6.45) is 1.59. The number of carbonyl (C=O) groups is 1. The van der Waals surface area contributed by atoms with Crippen molar-refractivity contribution in [1.82, 2.24) is 4.90 Å². The van der Waals surface area contributed by atoms with Crippen LogP contribution in [0, 0.1) is 5.92 Å². The fourth-order valence-corrected chi connectivity index (χ4v) is 2.29. The Morgan fingerprint density at radius 1 is 1.62 bits per heavy atom. The van der Waals surface area contributed by atoms with Crippen LogP contribution in [0.3, 0.4) is 0 Å². The molecule has 0 aliphatic carbocycles. The Balaban J connectivity index is 2.66. The van der Waals surface area contributed by atoms with Crippen LogP contribution in [0.15, 0.2) is 0 Å². The van der Waals surface area contributed by atoms with Gasteiger partial charge < -0.3 is 5.11 Å². The maximum Gasteiger partial charge on any atom is 0.320 e. The standard InChI is InChI=1S/C11H19F2NO2/c1-3-9(10(15)16)14-6-4-5-8(7-14)11(2,12)13/h8-9H,3-7H2,1-2H3,(H,15,16)/t8-,9+/m1/s1. The third kappa shape index (κ3) is 3.14. The van der Waals surface area contributed by atoms with Crippen LogP contribution >= 0.6 is 0 Å². The highest BCUT2D eigenvalue weighted by Gasteiger charge is 2.39. The van der Waals surface area contributed by atoms with E-state index in [4.69, 9.17) is 5.11 Å². The minimum atomic E-state index is -2.71. The molecule has 5 heteroatoms. The van der Waals surface area contributed by atoms with Crippen LogP contribution in [0.2, 0.25) is 0 Å². The predicted molar refractivity (Wildman–Crippen MR) is 56.6 cm³/mol. The zero-order chi connectivity index (χ0) is 12.3. The molecule has 1 N–H and O–H groups in total. The number of carboxylic acid groups (broad SMARTS) is 1. The van der Waals surface area contributed by atoms with E-state index < -0.39 is 23.9 Å². The summed E-state index contributed by atoms with van der Waals surface area (Å²) in [5, 5.41) is 8.99. The second-order valence-corrected chi connectivity index (χ2v) is 4.55. The summed E-state index contributed by atoms with van der Waals surface area (Å²) >= 11 is 0. The minimum absolute atomic E-state index is 0.189. The lowest BCUT2D eigenvalue weighted by Gasteiger charge is -2.38. The number of piperidine rings is 1. The smallest absolute Gasteiger partial charge is 0.320 e. The first-order valence-electron chi connectivity index (χ1n) is 5.71. The van der Waals surface area contributed by atoms with Crippen LogP contribution in [0.5, 0.6) is 0 Å². The third-order valence-electron chi connectivity index (χ3n) is 3.28. The Hall–Kier alpha value is -0.710. The van der Waals surface area contributed by atoms with Gasteiger partial charge in [-0.1, -0.05) is 6.92 Å². The average molecular weight is 235 g/mol. The molecule has 0 amide bonds. The number of rotatable bonds is 4. The summed E-state index contributed by atoms with van der Waals surface area (Å²) in [4.78, 5) is 12.6. The van der Waals surface area contributed by atoms with Gasteiger partial charge in [0.05, 0.1) is 0 Å². The van der Waals surface area contributed by atoms with Gasteiger partial charge >= 0.3 is 5.97 Å². The van der Waals surface area contributed by atoms with Crippen molar-refractivity contribution in [3.63, 3.8) is 0 Å². The van der Waals surface area contributed by atoms with Crippen LogP contribution in [0.4, 0.5) is 8.78 Å². The first-order chi connectivity index (χ1) is 7.36. The van der Waals surface area contributed by atoms with E-state index in [1.165, 1.54) is 0 Å². The maximum absolute atomic E-state index is 13.2. The van der Waals surface area contributed by atoms with E-state index in [1.807, 2.05) is 0 Å². The fraction of sp³-hybridized carbons (Fsp3) is 0.909. The minimum Gasteiger partial charge on any atom is -0.480 e. The van der Waals surface area contributed by atoms with Crippen molar-refractivity contribution in [2.75, 3.05) is 13.1 Å². The molecular formula is C11H19F2NO2. The summed E-state index contributed by atoms with van der Waals surface area (Å²) in [5.74, 6) is -4.34. The van der Waals surface area contributed by atoms with Crippen molar-refractivity contribution >= 4 is 5.97 Å². The molecule has 1 aliphatic heterocycles. The molecule has 0 saturated carbocycles. The first kappa shape index (κ1) is 13.4. The Bertz CT molecular complexity index is 253. The van der Waals surface area contributed by atoms with Gasteiger partial charge in [0, 0.05) is 12.5 Å². The van der Waals surface area contributed by atoms with Crippen molar-refractivity contribution in [3.05, 3.63) is 0 Å². The highest BCUT2D eigenvalue weighted by Crippen LogP contribution is 2.32. The molecule has 1 fully saturated rings. The molecule has 1 heterocycles. The van der Waals surface area contributed by atoms with E-state index in [-0.39, 0.29) is 6.54 Å². The van der Waals surface area contributed by atoms with E-state index >= 15 is 0 Å². The molecule has 0 aromatic heterocycles. The molecule has 0 aromatic rings. The molecule has 94 valence electrons. The quantitative estimate of drug-likeness (QED) is 0.812. The van der Waals surface area contributed by atoms with Gasteiger partial charge in [-0.05, 0) is 32.7 Å². The van der Waals surface area contributed by atoms with Crippen molar-refractivity contribution in [1.29, 1.82) is 0 Å². The van der Waals surface area contributed by atoms with Gasteiger partial charge in [0.25, 0.3) is 0 Å². The SMILES string of the molecule is CC[C@@H](C(=O)O)N1CCC[C@@H](C(C)(F)F)C1. The molecule has 0 radical (unpaired) electrons. The number of alkyl halides is 2. The zero-order valence-electron chi connectivity index (χ0n) is 9.75. The summed E-state index contributed by atoms with van der Waals surface area (Å²) in [5.41, 5.74) is 0. The summed E-state index contributed by atoms with van der Waals surface area (Å²) < 4.78 is 26.4. The van der Waals surface area contributed by atoms with Gasteiger partial charge in [0.1, 0.15) is 6.04 Å². The molecule has 1 saturated heterocycles. The van der Waals surface area contributed by atoms with Gasteiger partial charge in [0.2, 0.25) is 5.92 Å². The molecule has 0 spiro atoms. The second kappa shape index (κ2) is 5.08. The van der Waals surface area contributed by atoms with E-state index in [0.29, 0.717) is 25.8 Å². The number of halogens is 2. The molecule has 3 nitrogen and oxygen atoms in total. The number of likely N-dealkylation sites (tertiary alicyclic amines) is 1. The number of hydrogen-bond donors (Lipinski definition) is 1. The van der Waals surface area contributed by atoms with Crippen molar-refractivity contribution < 1.29 is 18.7 Å². The molecule has 2 atom stereocenters. The first-order valence-corrected chi connectivity index (χ1v) is 5.71. The molecule has 1 rings (SSSR count). The van der Waals surface area contributed by atoms with Crippen LogP contribution in [0.1, 0.15) is 33.1 Å². The maximum atomic E-state index is 13.2. The zero-order valence-corrected chi connectivity index (χ0v) is 9.75. The third-order valence-corrected chi connectivity index (χ3v) is 3.28. The van der Waals surface area contributed by atoms with Crippen molar-refractivity contribution in [2.24, 2.45) is 5.92 Å². The van der Waals surface area contributed by atoms with Gasteiger partial charge in [-0.3, -0.25) is 9.69 Å². The van der Waals surface area contributed by atoms with Gasteiger partial charge in [-0.15, -0.1) is 0 Å². The summed E-state index contributed by atoms with van der Waals surface area (Å²) in [6.45, 7) is 3.49. The number of aliphatic carboxylic acids is 1. The Morgan fingerprint density at radius 3 is 2.69 bits per heavy atom. The Kier molecular flexibility index (Phi) is 4.24. The number of carboxylic acids is 1. The second-order valence-electron chi connectivity index (χ2n) is 4.55. The van der Waals surface area contributed by atoms with Crippen molar-refractivity contribution in [3.8, 4) is 0 Å². The largest absolute Gasteiger partial charge is 0.480 e. The monoisotopic (exact) mass is 235 g/mol. The highest BCUT2D eigenvalue weighted by molar-refractivity contribution is 5.73. The van der Waals surface area contributed by atoms with Gasteiger partial charge in [-0.2, -0.15) is 0 Å². The molecule has 0 bridgehead atoms. The number of nitrogens with zero attached hydrogens (tertiary/aromatic N) is 1. The van der Waals surface area contributed by atoms with Crippen molar-refractivity contribution in [2.45, 2.75) is 45.1 Å². The van der Waals surface area contributed by atoms with Crippen LogP contribution in [-0.4, -0.2) is 41.0 Å². The summed E-state index contributed by atoms with van der Waals surface area (Å²) in [6, 6.07) is -0.620. The molecule has 16 heavy (non-hydrogen) atoms. The Labute approximate surface area is 94.4 Å². The van der Waals surface area contributed by atoms with E-state index in [2.05, 4.69) is 0 Å². The normalized spacial score (nSPS) is 25.4. The van der Waals surface area contributed by atoms with E-state index in [1.54, 1.807) is 11.8 Å². The fourth-order valence-electron chi connectivity index (χ4n) is 2.29. The van der Waals surface area contributed by atoms with Gasteiger partial charge in [0.15, 0.2) is 0 Å². The lowest BCUT2D eigenvalue weighted by atomic mass is 9.91. The Morgan fingerprint density at radius 2 is 2.25 bits per heavy atom. The molecular weight excluding hydrogens is 216 g/mol. The molecule has 0 unspecified atom stereocenters.